The zero-order valence-electron chi connectivity index (χ0n) is 13.5. The van der Waals surface area contributed by atoms with Gasteiger partial charge in [-0.1, -0.05) is 33.6 Å². The molecule has 3 unspecified atom stereocenters. The van der Waals surface area contributed by atoms with Crippen LogP contribution in [0.3, 0.4) is 0 Å². The maximum absolute atomic E-state index is 6.27. The minimum absolute atomic E-state index is 0.390. The number of nitrogens with zero attached hydrogens (tertiary/aromatic N) is 1. The smallest absolute Gasteiger partial charge is 0.00698 e. The molecule has 112 valence electrons. The van der Waals surface area contributed by atoms with Crippen molar-refractivity contribution in [2.75, 3.05) is 20.1 Å². The summed E-state index contributed by atoms with van der Waals surface area (Å²) >= 11 is 0. The second-order valence-corrected chi connectivity index (χ2v) is 7.92. The van der Waals surface area contributed by atoms with E-state index in [1.807, 2.05) is 0 Å². The van der Waals surface area contributed by atoms with Crippen LogP contribution < -0.4 is 5.73 Å². The fourth-order valence-corrected chi connectivity index (χ4v) is 4.35. The lowest BCUT2D eigenvalue weighted by Crippen LogP contribution is -2.49. The van der Waals surface area contributed by atoms with Crippen molar-refractivity contribution in [3.05, 3.63) is 0 Å². The summed E-state index contributed by atoms with van der Waals surface area (Å²) in [5.41, 5.74) is 6.66. The highest BCUT2D eigenvalue weighted by Crippen LogP contribution is 2.44. The van der Waals surface area contributed by atoms with Crippen molar-refractivity contribution in [1.29, 1.82) is 0 Å². The lowest BCUT2D eigenvalue weighted by atomic mass is 9.61. The van der Waals surface area contributed by atoms with E-state index in [1.165, 1.54) is 51.6 Å². The van der Waals surface area contributed by atoms with Gasteiger partial charge in [0, 0.05) is 19.1 Å². The summed E-state index contributed by atoms with van der Waals surface area (Å²) in [4.78, 5) is 2.60. The molecule has 0 spiro atoms. The Morgan fingerprint density at radius 2 is 1.68 bits per heavy atom. The first-order valence-electron chi connectivity index (χ1n) is 8.35. The van der Waals surface area contributed by atoms with Gasteiger partial charge < -0.3 is 10.6 Å². The molecule has 19 heavy (non-hydrogen) atoms. The fraction of sp³-hybridized carbons (Fsp3) is 1.00. The van der Waals surface area contributed by atoms with Crippen molar-refractivity contribution >= 4 is 0 Å². The largest absolute Gasteiger partial charge is 0.327 e. The highest BCUT2D eigenvalue weighted by atomic mass is 15.1. The number of hydrogen-bond donors (Lipinski definition) is 1. The zero-order valence-corrected chi connectivity index (χ0v) is 13.5. The van der Waals surface area contributed by atoms with E-state index in [-0.39, 0.29) is 0 Å². The fourth-order valence-electron chi connectivity index (χ4n) is 4.35. The molecule has 2 fully saturated rings. The Labute approximate surface area is 120 Å². The molecule has 0 aromatic carbocycles. The highest BCUT2D eigenvalue weighted by molar-refractivity contribution is 4.94. The Bertz CT molecular complexity index is 281. The van der Waals surface area contributed by atoms with E-state index in [4.69, 9.17) is 5.73 Å². The molecule has 2 aliphatic rings. The lowest BCUT2D eigenvalue weighted by Gasteiger charge is -2.48. The molecule has 0 radical (unpaired) electrons. The third-order valence-electron chi connectivity index (χ3n) is 6.29. The van der Waals surface area contributed by atoms with Crippen molar-refractivity contribution in [1.82, 2.24) is 4.90 Å². The summed E-state index contributed by atoms with van der Waals surface area (Å²) in [5.74, 6) is 2.43. The minimum atomic E-state index is 0.390. The maximum Gasteiger partial charge on any atom is 0.00698 e. The topological polar surface area (TPSA) is 29.3 Å². The molecule has 0 bridgehead atoms. The van der Waals surface area contributed by atoms with Crippen molar-refractivity contribution in [2.45, 2.75) is 65.3 Å². The van der Waals surface area contributed by atoms with Crippen LogP contribution in [0.15, 0.2) is 0 Å². The molecule has 0 amide bonds. The van der Waals surface area contributed by atoms with E-state index in [2.05, 4.69) is 32.7 Å². The van der Waals surface area contributed by atoms with Gasteiger partial charge in [-0.25, -0.2) is 0 Å². The second kappa shape index (κ2) is 6.13. The molecule has 0 aromatic heterocycles. The van der Waals surface area contributed by atoms with Gasteiger partial charge in [0.05, 0.1) is 0 Å². The molecular formula is C17H34N2. The molecule has 2 heteroatoms. The van der Waals surface area contributed by atoms with E-state index in [0.29, 0.717) is 17.4 Å². The van der Waals surface area contributed by atoms with Gasteiger partial charge in [0.15, 0.2) is 0 Å². The molecule has 0 aromatic rings. The van der Waals surface area contributed by atoms with Crippen LogP contribution >= 0.6 is 0 Å². The Hall–Kier alpha value is -0.0800. The zero-order chi connectivity index (χ0) is 14.0. The van der Waals surface area contributed by atoms with Gasteiger partial charge >= 0.3 is 0 Å². The van der Waals surface area contributed by atoms with Gasteiger partial charge in [0.2, 0.25) is 0 Å². The van der Waals surface area contributed by atoms with Crippen LogP contribution in [0.1, 0.15) is 59.3 Å². The first kappa shape index (κ1) is 15.3. The maximum atomic E-state index is 6.27. The first-order valence-corrected chi connectivity index (χ1v) is 8.35. The quantitative estimate of drug-likeness (QED) is 0.844. The third kappa shape index (κ3) is 3.52. The second-order valence-electron chi connectivity index (χ2n) is 7.92. The van der Waals surface area contributed by atoms with Crippen LogP contribution in [0, 0.1) is 23.2 Å². The predicted molar refractivity (Wildman–Crippen MR) is 83.1 cm³/mol. The van der Waals surface area contributed by atoms with Crippen molar-refractivity contribution in [3.8, 4) is 0 Å². The van der Waals surface area contributed by atoms with Gasteiger partial charge in [-0.2, -0.15) is 0 Å². The van der Waals surface area contributed by atoms with Gasteiger partial charge in [0.1, 0.15) is 0 Å². The van der Waals surface area contributed by atoms with E-state index in [0.717, 1.165) is 11.8 Å². The van der Waals surface area contributed by atoms with Gasteiger partial charge in [-0.15, -0.1) is 0 Å². The van der Waals surface area contributed by atoms with E-state index in [9.17, 15) is 0 Å². The van der Waals surface area contributed by atoms with Crippen LogP contribution in [-0.4, -0.2) is 31.1 Å². The minimum Gasteiger partial charge on any atom is -0.327 e. The van der Waals surface area contributed by atoms with Crippen LogP contribution in [0.2, 0.25) is 0 Å². The average molecular weight is 266 g/mol. The van der Waals surface area contributed by atoms with E-state index < -0.39 is 0 Å². The monoisotopic (exact) mass is 266 g/mol. The molecule has 0 heterocycles. The normalized spacial score (nSPS) is 36.0. The molecule has 3 atom stereocenters. The van der Waals surface area contributed by atoms with Crippen LogP contribution in [-0.2, 0) is 0 Å². The first-order chi connectivity index (χ1) is 8.91. The van der Waals surface area contributed by atoms with Crippen LogP contribution in [0.4, 0.5) is 0 Å². The van der Waals surface area contributed by atoms with Crippen molar-refractivity contribution in [3.63, 3.8) is 0 Å². The average Bonchev–Trinajstić information content (AvgIpc) is 2.83. The summed E-state index contributed by atoms with van der Waals surface area (Å²) in [6, 6.07) is 0.409. The molecule has 2 nitrogen and oxygen atoms in total. The molecule has 2 N–H and O–H groups in total. The third-order valence-corrected chi connectivity index (χ3v) is 6.29. The molecule has 2 saturated carbocycles. The van der Waals surface area contributed by atoms with E-state index >= 15 is 0 Å². The molecule has 0 saturated heterocycles. The van der Waals surface area contributed by atoms with E-state index in [1.54, 1.807) is 0 Å². The number of hydrogen-bond acceptors (Lipinski definition) is 2. The van der Waals surface area contributed by atoms with Gasteiger partial charge in [0.25, 0.3) is 0 Å². The summed E-state index contributed by atoms with van der Waals surface area (Å²) in [5, 5.41) is 0. The summed E-state index contributed by atoms with van der Waals surface area (Å²) < 4.78 is 0. The molecule has 2 rings (SSSR count). The molecule has 2 aliphatic carbocycles. The summed E-state index contributed by atoms with van der Waals surface area (Å²) in [7, 11) is 2.33. The Morgan fingerprint density at radius 1 is 1.05 bits per heavy atom. The lowest BCUT2D eigenvalue weighted by molar-refractivity contribution is 0.0312. The van der Waals surface area contributed by atoms with Crippen LogP contribution in [0.5, 0.6) is 0 Å². The predicted octanol–water partition coefficient (Wildman–Crippen LogP) is 3.51. The number of nitrogens with two attached hydrogens (primary N) is 1. The molecule has 0 aliphatic heterocycles. The Kier molecular flexibility index (Phi) is 4.94. The van der Waals surface area contributed by atoms with Crippen molar-refractivity contribution in [2.24, 2.45) is 28.9 Å². The van der Waals surface area contributed by atoms with Gasteiger partial charge in [-0.05, 0) is 55.9 Å². The summed E-state index contributed by atoms with van der Waals surface area (Å²) in [6.45, 7) is 9.80. The Morgan fingerprint density at radius 3 is 2.32 bits per heavy atom. The van der Waals surface area contributed by atoms with Crippen molar-refractivity contribution < 1.29 is 0 Å². The highest BCUT2D eigenvalue weighted by Gasteiger charge is 2.41. The SMILES string of the molecule is CC1C(N)CCC(CN(C)CC2CCCC2)C1(C)C. The standard InChI is InChI=1S/C17H34N2/c1-13-16(18)10-9-15(17(13,2)3)12-19(4)11-14-7-5-6-8-14/h13-16H,5-12,18H2,1-4H3. The van der Waals surface area contributed by atoms with Gasteiger partial charge in [-0.3, -0.25) is 0 Å². The number of rotatable bonds is 4. The Balaban J connectivity index is 1.86. The molecular weight excluding hydrogens is 232 g/mol. The van der Waals surface area contributed by atoms with Crippen LogP contribution in [0.25, 0.3) is 0 Å². The summed E-state index contributed by atoms with van der Waals surface area (Å²) in [6.07, 6.45) is 8.36.